The number of rotatable bonds is 2. The Morgan fingerprint density at radius 1 is 1.33 bits per heavy atom. The second-order valence-corrected chi connectivity index (χ2v) is 6.88. The first-order valence-corrected chi connectivity index (χ1v) is 8.71. The zero-order valence-electron chi connectivity index (χ0n) is 13.2. The van der Waals surface area contributed by atoms with Gasteiger partial charge < -0.3 is 4.90 Å². The molecule has 0 unspecified atom stereocenters. The Bertz CT molecular complexity index is 978. The van der Waals surface area contributed by atoms with Gasteiger partial charge in [-0.05, 0) is 42.5 Å². The van der Waals surface area contributed by atoms with Crippen LogP contribution in [0.1, 0.15) is 23.4 Å². The van der Waals surface area contributed by atoms with E-state index in [4.69, 9.17) is 0 Å². The van der Waals surface area contributed by atoms with Crippen LogP contribution < -0.4 is 5.56 Å². The Labute approximate surface area is 142 Å². The molecular formula is C17H16N4O2S. The van der Waals surface area contributed by atoms with Crippen molar-refractivity contribution in [2.24, 2.45) is 0 Å². The molecule has 3 heterocycles. The molecule has 122 valence electrons. The van der Waals surface area contributed by atoms with Crippen molar-refractivity contribution in [1.82, 2.24) is 19.9 Å². The quantitative estimate of drug-likeness (QED) is 0.715. The van der Waals surface area contributed by atoms with Gasteiger partial charge in [0.25, 0.3) is 5.56 Å². The molecule has 6 nitrogen and oxygen atoms in total. The third-order valence-corrected chi connectivity index (χ3v) is 5.51. The first-order valence-electron chi connectivity index (χ1n) is 7.83. The minimum absolute atomic E-state index is 0.0246. The standard InChI is InChI=1S/C17H16N4O2S/c1-11-12-7-9-24-15(12)6-8-20(11)16(22)10-21-17(23)13-4-2-3-5-14(13)18-19-21/h2-5,7,9,11H,6,8,10H2,1H3/t11-/m0/s1. The second-order valence-electron chi connectivity index (χ2n) is 5.88. The Morgan fingerprint density at radius 2 is 2.17 bits per heavy atom. The monoisotopic (exact) mass is 340 g/mol. The summed E-state index contributed by atoms with van der Waals surface area (Å²) >= 11 is 1.74. The number of carbonyl (C=O) groups excluding carboxylic acids is 1. The molecule has 4 rings (SSSR count). The molecule has 1 aliphatic heterocycles. The molecule has 7 heteroatoms. The highest BCUT2D eigenvalue weighted by Gasteiger charge is 2.28. The van der Waals surface area contributed by atoms with Gasteiger partial charge in [-0.15, -0.1) is 16.4 Å². The van der Waals surface area contributed by atoms with Crippen molar-refractivity contribution in [3.8, 4) is 0 Å². The smallest absolute Gasteiger partial charge is 0.278 e. The number of benzene rings is 1. The predicted octanol–water partition coefficient (Wildman–Crippen LogP) is 2.00. The third kappa shape index (κ3) is 2.41. The van der Waals surface area contributed by atoms with Crippen LogP contribution in [-0.4, -0.2) is 32.3 Å². The number of thiophene rings is 1. The summed E-state index contributed by atoms with van der Waals surface area (Å²) in [6.45, 7) is 2.61. The molecule has 1 aromatic carbocycles. The van der Waals surface area contributed by atoms with E-state index in [0.29, 0.717) is 17.4 Å². The highest BCUT2D eigenvalue weighted by molar-refractivity contribution is 7.10. The van der Waals surface area contributed by atoms with Gasteiger partial charge >= 0.3 is 0 Å². The van der Waals surface area contributed by atoms with Crippen molar-refractivity contribution < 1.29 is 4.79 Å². The van der Waals surface area contributed by atoms with Crippen LogP contribution >= 0.6 is 11.3 Å². The molecule has 2 aromatic heterocycles. The number of hydrogen-bond donors (Lipinski definition) is 0. The zero-order valence-corrected chi connectivity index (χ0v) is 14.0. The molecule has 0 radical (unpaired) electrons. The molecule has 1 amide bonds. The molecule has 3 aromatic rings. The molecule has 0 aliphatic carbocycles. The predicted molar refractivity (Wildman–Crippen MR) is 91.9 cm³/mol. The normalized spacial score (nSPS) is 17.0. The maximum absolute atomic E-state index is 12.7. The van der Waals surface area contributed by atoms with Gasteiger partial charge in [0, 0.05) is 11.4 Å². The first-order chi connectivity index (χ1) is 11.6. The van der Waals surface area contributed by atoms with E-state index in [9.17, 15) is 9.59 Å². The molecule has 0 saturated carbocycles. The topological polar surface area (TPSA) is 68.1 Å². The van der Waals surface area contributed by atoms with Crippen molar-refractivity contribution in [3.63, 3.8) is 0 Å². The van der Waals surface area contributed by atoms with Gasteiger partial charge in [-0.2, -0.15) is 0 Å². The van der Waals surface area contributed by atoms with Crippen LogP contribution in [0.25, 0.3) is 10.9 Å². The van der Waals surface area contributed by atoms with E-state index in [0.717, 1.165) is 11.1 Å². The van der Waals surface area contributed by atoms with Crippen LogP contribution in [0.5, 0.6) is 0 Å². The fourth-order valence-corrected chi connectivity index (χ4v) is 4.16. The molecule has 0 bridgehead atoms. The molecule has 1 atom stereocenters. The van der Waals surface area contributed by atoms with Gasteiger partial charge in [0.2, 0.25) is 5.91 Å². The largest absolute Gasteiger partial charge is 0.334 e. The fraction of sp³-hybridized carbons (Fsp3) is 0.294. The lowest BCUT2D eigenvalue weighted by molar-refractivity contribution is -0.134. The van der Waals surface area contributed by atoms with Crippen molar-refractivity contribution in [2.45, 2.75) is 25.9 Å². The van der Waals surface area contributed by atoms with Gasteiger partial charge in [0.15, 0.2) is 0 Å². The molecule has 0 N–H and O–H groups in total. The van der Waals surface area contributed by atoms with E-state index in [1.807, 2.05) is 11.8 Å². The SMILES string of the molecule is C[C@H]1c2ccsc2CCN1C(=O)Cn1nnc2ccccc2c1=O. The Kier molecular flexibility index (Phi) is 3.65. The van der Waals surface area contributed by atoms with Crippen molar-refractivity contribution in [1.29, 1.82) is 0 Å². The average molecular weight is 340 g/mol. The van der Waals surface area contributed by atoms with Gasteiger partial charge in [0.1, 0.15) is 12.1 Å². The highest BCUT2D eigenvalue weighted by Crippen LogP contribution is 2.32. The minimum atomic E-state index is -0.283. The average Bonchev–Trinajstić information content (AvgIpc) is 3.07. The number of hydrogen-bond acceptors (Lipinski definition) is 5. The summed E-state index contributed by atoms with van der Waals surface area (Å²) in [6, 6.07) is 9.13. The maximum atomic E-state index is 12.7. The van der Waals surface area contributed by atoms with Crippen molar-refractivity contribution in [2.75, 3.05) is 6.54 Å². The molecule has 0 saturated heterocycles. The highest BCUT2D eigenvalue weighted by atomic mass is 32.1. The number of amides is 1. The summed E-state index contributed by atoms with van der Waals surface area (Å²) in [6.07, 6.45) is 0.862. The molecule has 24 heavy (non-hydrogen) atoms. The van der Waals surface area contributed by atoms with E-state index < -0.39 is 0 Å². The number of fused-ring (bicyclic) bond motifs is 2. The van der Waals surface area contributed by atoms with Crippen LogP contribution in [0.2, 0.25) is 0 Å². The van der Waals surface area contributed by atoms with E-state index in [2.05, 4.69) is 21.8 Å². The summed E-state index contributed by atoms with van der Waals surface area (Å²) in [4.78, 5) is 28.3. The van der Waals surface area contributed by atoms with Gasteiger partial charge in [0.05, 0.1) is 11.4 Å². The van der Waals surface area contributed by atoms with Gasteiger partial charge in [-0.3, -0.25) is 9.59 Å². The lowest BCUT2D eigenvalue weighted by Gasteiger charge is -2.33. The number of carbonyl (C=O) groups is 1. The molecule has 1 aliphatic rings. The van der Waals surface area contributed by atoms with E-state index in [-0.39, 0.29) is 24.1 Å². The van der Waals surface area contributed by atoms with E-state index >= 15 is 0 Å². The Balaban J connectivity index is 1.61. The fourth-order valence-electron chi connectivity index (χ4n) is 3.20. The summed E-state index contributed by atoms with van der Waals surface area (Å²) in [5.74, 6) is -0.106. The van der Waals surface area contributed by atoms with Crippen molar-refractivity contribution in [3.05, 3.63) is 56.5 Å². The number of nitrogens with zero attached hydrogens (tertiary/aromatic N) is 4. The summed E-state index contributed by atoms with van der Waals surface area (Å²) in [5, 5.41) is 10.5. The maximum Gasteiger partial charge on any atom is 0.278 e. The van der Waals surface area contributed by atoms with E-state index in [1.54, 1.807) is 35.6 Å². The van der Waals surface area contributed by atoms with Crippen LogP contribution in [0.3, 0.4) is 0 Å². The lowest BCUT2D eigenvalue weighted by Crippen LogP contribution is -2.42. The van der Waals surface area contributed by atoms with Crippen LogP contribution in [0.4, 0.5) is 0 Å². The molecule has 0 fully saturated rings. The van der Waals surface area contributed by atoms with Crippen LogP contribution in [0.15, 0.2) is 40.5 Å². The Morgan fingerprint density at radius 3 is 3.04 bits per heavy atom. The summed E-state index contributed by atoms with van der Waals surface area (Å²) in [7, 11) is 0. The molecular weight excluding hydrogens is 324 g/mol. The Hall–Kier alpha value is -2.54. The second kappa shape index (κ2) is 5.83. The lowest BCUT2D eigenvalue weighted by atomic mass is 10.0. The van der Waals surface area contributed by atoms with Crippen LogP contribution in [-0.2, 0) is 17.8 Å². The van der Waals surface area contributed by atoms with Gasteiger partial charge in [-0.1, -0.05) is 17.3 Å². The minimum Gasteiger partial charge on any atom is -0.334 e. The first kappa shape index (κ1) is 15.0. The van der Waals surface area contributed by atoms with Gasteiger partial charge in [-0.25, -0.2) is 4.68 Å². The zero-order chi connectivity index (χ0) is 16.7. The molecule has 0 spiro atoms. The van der Waals surface area contributed by atoms with Crippen LogP contribution in [0, 0.1) is 0 Å². The third-order valence-electron chi connectivity index (χ3n) is 4.51. The van der Waals surface area contributed by atoms with Crippen molar-refractivity contribution >= 4 is 28.1 Å². The van der Waals surface area contributed by atoms with E-state index in [1.165, 1.54) is 10.4 Å². The number of aromatic nitrogens is 3. The summed E-state index contributed by atoms with van der Waals surface area (Å²) < 4.78 is 1.15. The summed E-state index contributed by atoms with van der Waals surface area (Å²) in [5.41, 5.74) is 1.46.